The van der Waals surface area contributed by atoms with Crippen LogP contribution in [0.25, 0.3) is 6.08 Å². The normalized spacial score (nSPS) is 15.1. The lowest BCUT2D eigenvalue weighted by Crippen LogP contribution is -2.54. The van der Waals surface area contributed by atoms with Gasteiger partial charge in [-0.25, -0.2) is 9.69 Å². The van der Waals surface area contributed by atoms with Crippen molar-refractivity contribution in [1.82, 2.24) is 5.32 Å². The fourth-order valence-electron chi connectivity index (χ4n) is 2.98. The second-order valence-corrected chi connectivity index (χ2v) is 7.48. The monoisotopic (exact) mass is 484 g/mol. The quantitative estimate of drug-likeness (QED) is 0.357. The van der Waals surface area contributed by atoms with Crippen molar-refractivity contribution in [2.45, 2.75) is 13.8 Å². The summed E-state index contributed by atoms with van der Waals surface area (Å²) in [5.74, 6) is -0.477. The van der Waals surface area contributed by atoms with Gasteiger partial charge in [-0.15, -0.1) is 0 Å². The number of barbiturate groups is 1. The smallest absolute Gasteiger partial charge is 0.335 e. The van der Waals surface area contributed by atoms with Crippen LogP contribution in [-0.2, 0) is 9.59 Å². The zero-order chi connectivity index (χ0) is 22.5. The molecule has 0 atom stereocenters. The average Bonchev–Trinajstić information content (AvgIpc) is 2.73. The molecule has 0 saturated carbocycles. The Morgan fingerprint density at radius 3 is 2.55 bits per heavy atom. The lowest BCUT2D eigenvalue weighted by molar-refractivity contribution is -0.122. The van der Waals surface area contributed by atoms with Crippen LogP contribution in [0.15, 0.2) is 59.1 Å². The van der Waals surface area contributed by atoms with E-state index in [4.69, 9.17) is 9.47 Å². The Morgan fingerprint density at radius 1 is 1.10 bits per heavy atom. The number of hydrogen-bond acceptors (Lipinski definition) is 5. The van der Waals surface area contributed by atoms with Crippen LogP contribution in [-0.4, -0.2) is 31.1 Å². The number of ether oxygens (including phenoxy) is 2. The van der Waals surface area contributed by atoms with Gasteiger partial charge in [0, 0.05) is 4.47 Å². The minimum absolute atomic E-state index is 0.164. The molecule has 0 unspecified atom stereocenters. The van der Waals surface area contributed by atoms with Crippen molar-refractivity contribution in [2.75, 3.05) is 18.1 Å². The molecular formula is C23H21BrN2O5. The van der Waals surface area contributed by atoms with E-state index in [1.165, 1.54) is 6.08 Å². The Labute approximate surface area is 188 Å². The number of anilines is 1. The zero-order valence-corrected chi connectivity index (χ0v) is 18.7. The molecule has 0 spiro atoms. The molecule has 0 aliphatic carbocycles. The number of nitrogens with zero attached hydrogens (tertiary/aromatic N) is 1. The molecule has 1 fully saturated rings. The van der Waals surface area contributed by atoms with Gasteiger partial charge in [-0.2, -0.15) is 0 Å². The molecule has 1 aliphatic heterocycles. The summed E-state index contributed by atoms with van der Waals surface area (Å²) < 4.78 is 12.0. The summed E-state index contributed by atoms with van der Waals surface area (Å²) in [5.41, 5.74) is 1.60. The van der Waals surface area contributed by atoms with E-state index in [1.54, 1.807) is 42.5 Å². The van der Waals surface area contributed by atoms with E-state index >= 15 is 0 Å². The van der Waals surface area contributed by atoms with Gasteiger partial charge >= 0.3 is 6.03 Å². The maximum Gasteiger partial charge on any atom is 0.335 e. The molecule has 2 aromatic rings. The molecule has 1 N–H and O–H groups in total. The van der Waals surface area contributed by atoms with Gasteiger partial charge in [0.25, 0.3) is 11.8 Å². The maximum absolute atomic E-state index is 13.1. The van der Waals surface area contributed by atoms with E-state index in [9.17, 15) is 14.4 Å². The van der Waals surface area contributed by atoms with Crippen molar-refractivity contribution in [3.63, 3.8) is 0 Å². The SMILES string of the molecule is C=CCOc1ccc(/C=C2\C(=O)NC(=O)N(c3ccc(Br)c(C)c3)C2=O)cc1OCC. The van der Waals surface area contributed by atoms with E-state index in [0.29, 0.717) is 36.0 Å². The van der Waals surface area contributed by atoms with Crippen LogP contribution in [0.1, 0.15) is 18.1 Å². The van der Waals surface area contributed by atoms with Gasteiger partial charge in [0.15, 0.2) is 11.5 Å². The number of rotatable bonds is 7. The number of nitrogens with one attached hydrogen (secondary N) is 1. The second kappa shape index (κ2) is 9.61. The molecule has 1 aliphatic rings. The van der Waals surface area contributed by atoms with Crippen LogP contribution in [0, 0.1) is 6.92 Å². The topological polar surface area (TPSA) is 84.9 Å². The summed E-state index contributed by atoms with van der Waals surface area (Å²) in [6.45, 7) is 8.02. The molecule has 1 saturated heterocycles. The van der Waals surface area contributed by atoms with E-state index < -0.39 is 17.8 Å². The van der Waals surface area contributed by atoms with Crippen molar-refractivity contribution in [2.24, 2.45) is 0 Å². The van der Waals surface area contributed by atoms with Crippen molar-refractivity contribution >= 4 is 45.5 Å². The molecule has 0 aromatic heterocycles. The van der Waals surface area contributed by atoms with Crippen molar-refractivity contribution in [1.29, 1.82) is 0 Å². The number of amides is 4. The Kier molecular flexibility index (Phi) is 6.91. The lowest BCUT2D eigenvalue weighted by atomic mass is 10.1. The van der Waals surface area contributed by atoms with Crippen LogP contribution in [0.5, 0.6) is 11.5 Å². The van der Waals surface area contributed by atoms with Gasteiger partial charge in [0.1, 0.15) is 12.2 Å². The Morgan fingerprint density at radius 2 is 1.87 bits per heavy atom. The number of imide groups is 2. The van der Waals surface area contributed by atoms with Crippen LogP contribution in [0.4, 0.5) is 10.5 Å². The molecule has 4 amide bonds. The van der Waals surface area contributed by atoms with Gasteiger partial charge in [-0.3, -0.25) is 14.9 Å². The van der Waals surface area contributed by atoms with E-state index in [0.717, 1.165) is 14.9 Å². The van der Waals surface area contributed by atoms with Crippen LogP contribution >= 0.6 is 15.9 Å². The fourth-order valence-corrected chi connectivity index (χ4v) is 3.22. The maximum atomic E-state index is 13.1. The molecule has 2 aromatic carbocycles. The van der Waals surface area contributed by atoms with Crippen molar-refractivity contribution in [3.8, 4) is 11.5 Å². The minimum atomic E-state index is -0.794. The zero-order valence-electron chi connectivity index (χ0n) is 17.1. The molecular weight excluding hydrogens is 464 g/mol. The standard InChI is InChI=1S/C23H21BrN2O5/c1-4-10-31-19-9-6-15(13-20(19)30-5-2)12-17-21(27)25-23(29)26(22(17)28)16-7-8-18(24)14(3)11-16/h4,6-9,11-13H,1,5,10H2,2-3H3,(H,25,27,29)/b17-12+. The summed E-state index contributed by atoms with van der Waals surface area (Å²) >= 11 is 3.39. The lowest BCUT2D eigenvalue weighted by Gasteiger charge is -2.26. The molecule has 0 radical (unpaired) electrons. The highest BCUT2D eigenvalue weighted by Crippen LogP contribution is 2.31. The molecule has 31 heavy (non-hydrogen) atoms. The molecule has 1 heterocycles. The number of hydrogen-bond donors (Lipinski definition) is 1. The highest BCUT2D eigenvalue weighted by atomic mass is 79.9. The minimum Gasteiger partial charge on any atom is -0.490 e. The van der Waals surface area contributed by atoms with Crippen molar-refractivity contribution < 1.29 is 23.9 Å². The summed E-state index contributed by atoms with van der Waals surface area (Å²) in [7, 11) is 0. The van der Waals surface area contributed by atoms with E-state index in [2.05, 4.69) is 27.8 Å². The third-order valence-corrected chi connectivity index (χ3v) is 5.33. The first-order valence-electron chi connectivity index (χ1n) is 9.53. The molecule has 8 heteroatoms. The van der Waals surface area contributed by atoms with Gasteiger partial charge in [-0.1, -0.05) is 34.7 Å². The van der Waals surface area contributed by atoms with Crippen molar-refractivity contribution in [3.05, 3.63) is 70.2 Å². The first-order chi connectivity index (χ1) is 14.8. The van der Waals surface area contributed by atoms with Gasteiger partial charge in [0.05, 0.1) is 12.3 Å². The Hall–Kier alpha value is -3.39. The molecule has 0 bridgehead atoms. The van der Waals surface area contributed by atoms with Gasteiger partial charge in [-0.05, 0) is 61.4 Å². The molecule has 7 nitrogen and oxygen atoms in total. The molecule has 3 rings (SSSR count). The van der Waals surface area contributed by atoms with Crippen LogP contribution < -0.4 is 19.7 Å². The first-order valence-corrected chi connectivity index (χ1v) is 10.3. The first kappa shape index (κ1) is 22.3. The third kappa shape index (κ3) is 4.86. The second-order valence-electron chi connectivity index (χ2n) is 6.63. The molecule has 160 valence electrons. The van der Waals surface area contributed by atoms with E-state index in [-0.39, 0.29) is 5.57 Å². The largest absolute Gasteiger partial charge is 0.490 e. The van der Waals surface area contributed by atoms with Crippen LogP contribution in [0.3, 0.4) is 0 Å². The number of halogens is 1. The summed E-state index contributed by atoms with van der Waals surface area (Å²) in [6, 6.07) is 9.31. The summed E-state index contributed by atoms with van der Waals surface area (Å²) in [6.07, 6.45) is 3.04. The highest BCUT2D eigenvalue weighted by Gasteiger charge is 2.37. The predicted molar refractivity (Wildman–Crippen MR) is 121 cm³/mol. The van der Waals surface area contributed by atoms with Crippen LogP contribution in [0.2, 0.25) is 0 Å². The summed E-state index contributed by atoms with van der Waals surface area (Å²) in [4.78, 5) is 38.8. The number of carbonyl (C=O) groups excluding carboxylic acids is 3. The highest BCUT2D eigenvalue weighted by molar-refractivity contribution is 9.10. The number of urea groups is 1. The average molecular weight is 485 g/mol. The Balaban J connectivity index is 1.98. The Bertz CT molecular complexity index is 1090. The number of benzene rings is 2. The fraction of sp³-hybridized carbons (Fsp3) is 0.174. The summed E-state index contributed by atoms with van der Waals surface area (Å²) in [5, 5.41) is 2.22. The predicted octanol–water partition coefficient (Wildman–Crippen LogP) is 4.39. The number of aryl methyl sites for hydroxylation is 1. The third-order valence-electron chi connectivity index (χ3n) is 4.44. The van der Waals surface area contributed by atoms with E-state index in [1.807, 2.05) is 13.8 Å². The van der Waals surface area contributed by atoms with Gasteiger partial charge in [0.2, 0.25) is 0 Å². The van der Waals surface area contributed by atoms with Gasteiger partial charge < -0.3 is 9.47 Å². The number of carbonyl (C=O) groups is 3.